The number of hydrazine groups is 1. The van der Waals surface area contributed by atoms with Gasteiger partial charge in [-0.1, -0.05) is 23.7 Å². The van der Waals surface area contributed by atoms with E-state index in [1.54, 1.807) is 17.9 Å². The van der Waals surface area contributed by atoms with Gasteiger partial charge in [0.15, 0.2) is 0 Å². The van der Waals surface area contributed by atoms with E-state index in [0.717, 1.165) is 21.7 Å². The van der Waals surface area contributed by atoms with Crippen LogP contribution in [0.25, 0.3) is 0 Å². The number of aromatic nitrogens is 2. The van der Waals surface area contributed by atoms with E-state index in [4.69, 9.17) is 23.2 Å². The Labute approximate surface area is 117 Å². The maximum Gasteiger partial charge on any atom is 0.126 e. The molecule has 1 aromatic heterocycles. The van der Waals surface area contributed by atoms with Crippen LogP contribution >= 0.6 is 11.6 Å². The Morgan fingerprint density at radius 3 is 2.74 bits per heavy atom. The third-order valence-electron chi connectivity index (χ3n) is 3.22. The molecule has 1 unspecified atom stereocenters. The van der Waals surface area contributed by atoms with E-state index in [2.05, 4.69) is 10.5 Å². The topological polar surface area (TPSA) is 81.9 Å². The molecule has 6 heteroatoms. The van der Waals surface area contributed by atoms with Gasteiger partial charge in [-0.3, -0.25) is 16.0 Å². The van der Waals surface area contributed by atoms with Gasteiger partial charge < -0.3 is 5.73 Å². The number of rotatable bonds is 4. The first kappa shape index (κ1) is 13.9. The van der Waals surface area contributed by atoms with Gasteiger partial charge in [-0.2, -0.15) is 5.10 Å². The zero-order valence-electron chi connectivity index (χ0n) is 11.0. The van der Waals surface area contributed by atoms with Gasteiger partial charge in [-0.15, -0.1) is 0 Å². The standard InChI is InChI=1S/C13H18ClN5/c1-8-3-4-9(11(14)5-8)6-12(18-16)10-7-17-19(2)13(10)15/h3-5,7,12,18H,6,15-16H2,1-2H3. The van der Waals surface area contributed by atoms with E-state index < -0.39 is 0 Å². The van der Waals surface area contributed by atoms with Crippen molar-refractivity contribution in [1.29, 1.82) is 0 Å². The molecule has 1 aromatic carbocycles. The third-order valence-corrected chi connectivity index (χ3v) is 3.58. The van der Waals surface area contributed by atoms with Gasteiger partial charge >= 0.3 is 0 Å². The van der Waals surface area contributed by atoms with Crippen molar-refractivity contribution in [3.63, 3.8) is 0 Å². The summed E-state index contributed by atoms with van der Waals surface area (Å²) in [6.07, 6.45) is 2.38. The summed E-state index contributed by atoms with van der Waals surface area (Å²) in [5.74, 6) is 6.23. The highest BCUT2D eigenvalue weighted by molar-refractivity contribution is 6.31. The van der Waals surface area contributed by atoms with Crippen LogP contribution in [0.4, 0.5) is 5.82 Å². The van der Waals surface area contributed by atoms with Crippen molar-refractivity contribution in [1.82, 2.24) is 15.2 Å². The van der Waals surface area contributed by atoms with Crippen LogP contribution in [-0.2, 0) is 13.5 Å². The molecule has 0 aliphatic rings. The molecular formula is C13H18ClN5. The number of benzene rings is 1. The summed E-state index contributed by atoms with van der Waals surface area (Å²) in [6, 6.07) is 5.86. The second-order valence-corrected chi connectivity index (χ2v) is 5.03. The van der Waals surface area contributed by atoms with Crippen LogP contribution < -0.4 is 17.0 Å². The molecule has 2 aromatic rings. The fourth-order valence-electron chi connectivity index (χ4n) is 2.03. The second kappa shape index (κ2) is 5.61. The maximum absolute atomic E-state index is 6.24. The maximum atomic E-state index is 6.24. The van der Waals surface area contributed by atoms with Gasteiger partial charge in [0.05, 0.1) is 12.2 Å². The van der Waals surface area contributed by atoms with Crippen molar-refractivity contribution in [2.45, 2.75) is 19.4 Å². The van der Waals surface area contributed by atoms with E-state index in [1.807, 2.05) is 25.1 Å². The Kier molecular flexibility index (Phi) is 4.09. The van der Waals surface area contributed by atoms with Crippen molar-refractivity contribution in [3.05, 3.63) is 46.1 Å². The minimum Gasteiger partial charge on any atom is -0.384 e. The lowest BCUT2D eigenvalue weighted by Gasteiger charge is -2.16. The van der Waals surface area contributed by atoms with E-state index in [-0.39, 0.29) is 6.04 Å². The molecule has 0 aliphatic carbocycles. The zero-order chi connectivity index (χ0) is 14.0. The van der Waals surface area contributed by atoms with Crippen LogP contribution in [0.1, 0.15) is 22.7 Å². The zero-order valence-corrected chi connectivity index (χ0v) is 11.8. The summed E-state index contributed by atoms with van der Waals surface area (Å²) in [5.41, 5.74) is 11.8. The number of nitrogen functional groups attached to an aromatic ring is 1. The van der Waals surface area contributed by atoms with Crippen LogP contribution in [0, 0.1) is 6.92 Å². The van der Waals surface area contributed by atoms with Crippen molar-refractivity contribution in [2.24, 2.45) is 12.9 Å². The van der Waals surface area contributed by atoms with Gasteiger partial charge in [-0.05, 0) is 30.5 Å². The molecule has 0 aliphatic heterocycles. The first-order chi connectivity index (χ1) is 9.02. The smallest absolute Gasteiger partial charge is 0.126 e. The van der Waals surface area contributed by atoms with Crippen molar-refractivity contribution < 1.29 is 0 Å². The third kappa shape index (κ3) is 2.89. The van der Waals surface area contributed by atoms with Crippen molar-refractivity contribution in [3.8, 4) is 0 Å². The number of nitrogens with one attached hydrogen (secondary N) is 1. The van der Waals surface area contributed by atoms with Crippen LogP contribution in [0.3, 0.4) is 0 Å². The summed E-state index contributed by atoms with van der Waals surface area (Å²) >= 11 is 6.24. The lowest BCUT2D eigenvalue weighted by atomic mass is 10.0. The number of hydrogen-bond donors (Lipinski definition) is 3. The summed E-state index contributed by atoms with van der Waals surface area (Å²) < 4.78 is 1.62. The monoisotopic (exact) mass is 279 g/mol. The predicted octanol–water partition coefficient (Wildman–Crippen LogP) is 1.71. The van der Waals surface area contributed by atoms with Gasteiger partial charge in [0.25, 0.3) is 0 Å². The van der Waals surface area contributed by atoms with Gasteiger partial charge in [0.1, 0.15) is 5.82 Å². The van der Waals surface area contributed by atoms with Crippen LogP contribution in [0.5, 0.6) is 0 Å². The lowest BCUT2D eigenvalue weighted by Crippen LogP contribution is -2.30. The van der Waals surface area contributed by atoms with Crippen molar-refractivity contribution >= 4 is 17.4 Å². The lowest BCUT2D eigenvalue weighted by molar-refractivity contribution is 0.553. The first-order valence-corrected chi connectivity index (χ1v) is 6.39. The fourth-order valence-corrected chi connectivity index (χ4v) is 2.34. The molecule has 102 valence electrons. The number of nitrogens with zero attached hydrogens (tertiary/aromatic N) is 2. The number of nitrogens with two attached hydrogens (primary N) is 2. The van der Waals surface area contributed by atoms with E-state index >= 15 is 0 Å². The number of anilines is 1. The molecule has 19 heavy (non-hydrogen) atoms. The Hall–Kier alpha value is -1.56. The molecule has 0 amide bonds. The van der Waals surface area contributed by atoms with Crippen LogP contribution in [0.2, 0.25) is 5.02 Å². The minimum absolute atomic E-state index is 0.117. The highest BCUT2D eigenvalue weighted by atomic mass is 35.5. The summed E-state index contributed by atoms with van der Waals surface area (Å²) in [5, 5.41) is 4.86. The highest BCUT2D eigenvalue weighted by Crippen LogP contribution is 2.26. The number of halogens is 1. The fraction of sp³-hybridized carbons (Fsp3) is 0.308. The molecule has 1 heterocycles. The minimum atomic E-state index is -0.117. The Balaban J connectivity index is 2.26. The van der Waals surface area contributed by atoms with E-state index in [0.29, 0.717) is 12.2 Å². The molecule has 1 atom stereocenters. The van der Waals surface area contributed by atoms with Crippen molar-refractivity contribution in [2.75, 3.05) is 5.73 Å². The molecule has 0 bridgehead atoms. The molecule has 0 saturated heterocycles. The summed E-state index contributed by atoms with van der Waals surface area (Å²) in [7, 11) is 1.80. The average molecular weight is 280 g/mol. The summed E-state index contributed by atoms with van der Waals surface area (Å²) in [4.78, 5) is 0. The average Bonchev–Trinajstić information content (AvgIpc) is 2.70. The van der Waals surface area contributed by atoms with Gasteiger partial charge in [0, 0.05) is 17.6 Å². The SMILES string of the molecule is Cc1ccc(CC(NN)c2cnn(C)c2N)c(Cl)c1. The molecule has 0 saturated carbocycles. The van der Waals surface area contributed by atoms with E-state index in [9.17, 15) is 0 Å². The van der Waals surface area contributed by atoms with Gasteiger partial charge in [-0.25, -0.2) is 0 Å². The largest absolute Gasteiger partial charge is 0.384 e. The number of hydrogen-bond acceptors (Lipinski definition) is 4. The first-order valence-electron chi connectivity index (χ1n) is 6.01. The quantitative estimate of drug-likeness (QED) is 0.588. The second-order valence-electron chi connectivity index (χ2n) is 4.63. The Morgan fingerprint density at radius 2 is 2.21 bits per heavy atom. The van der Waals surface area contributed by atoms with E-state index in [1.165, 1.54) is 0 Å². The molecule has 0 fully saturated rings. The highest BCUT2D eigenvalue weighted by Gasteiger charge is 2.17. The Morgan fingerprint density at radius 1 is 1.47 bits per heavy atom. The molecule has 2 rings (SSSR count). The molecular weight excluding hydrogens is 262 g/mol. The predicted molar refractivity (Wildman–Crippen MR) is 77.6 cm³/mol. The Bertz CT molecular complexity index is 578. The normalized spacial score (nSPS) is 12.6. The molecule has 5 N–H and O–H groups in total. The molecule has 5 nitrogen and oxygen atoms in total. The molecule has 0 spiro atoms. The summed E-state index contributed by atoms with van der Waals surface area (Å²) in [6.45, 7) is 2.01. The molecule has 0 radical (unpaired) electrons. The van der Waals surface area contributed by atoms with Gasteiger partial charge in [0.2, 0.25) is 0 Å². The van der Waals surface area contributed by atoms with Crippen LogP contribution in [0.15, 0.2) is 24.4 Å². The van der Waals surface area contributed by atoms with Crippen LogP contribution in [-0.4, -0.2) is 9.78 Å². The number of aryl methyl sites for hydroxylation is 2.